The maximum absolute atomic E-state index is 13.0. The number of nitrogens with zero attached hydrogens (tertiary/aromatic N) is 5. The molecular weight excluding hydrogens is 436 g/mol. The van der Waals surface area contributed by atoms with Gasteiger partial charge < -0.3 is 32.4 Å². The molecule has 0 saturated carbocycles. The number of imidazole rings is 1. The van der Waals surface area contributed by atoms with Gasteiger partial charge in [0.15, 0.2) is 11.2 Å². The Morgan fingerprint density at radius 3 is 2.73 bits per heavy atom. The van der Waals surface area contributed by atoms with Crippen molar-refractivity contribution in [1.82, 2.24) is 29.5 Å². The van der Waals surface area contributed by atoms with Gasteiger partial charge in [-0.1, -0.05) is 6.42 Å². The lowest BCUT2D eigenvalue weighted by Gasteiger charge is -2.25. The number of nitrogens with one attached hydrogen (secondary N) is 1. The fourth-order valence-corrected chi connectivity index (χ4v) is 3.84. The number of anilines is 1. The third kappa shape index (κ3) is 5.10. The number of hydrogen-bond donors (Lipinski definition) is 6. The molecule has 1 fully saturated rings. The molecule has 15 nitrogen and oxygen atoms in total. The molecule has 0 unspecified atom stereocenters. The third-order valence-electron chi connectivity index (χ3n) is 5.58. The number of amides is 3. The highest BCUT2D eigenvalue weighted by Crippen LogP contribution is 2.23. The van der Waals surface area contributed by atoms with Crippen molar-refractivity contribution in [2.45, 2.75) is 50.4 Å². The summed E-state index contributed by atoms with van der Waals surface area (Å²) in [6.45, 7) is 0.0142. The first kappa shape index (κ1) is 24.1. The number of fused-ring (bicyclic) bond motifs is 1. The SMILES string of the molecule is NCCCC[C@H](N)C(=O)N(O)[C@@H]1C[C@@H](C(N)=O)N(C(=O)Cn2cnc3c(=O)[nH]c(N)nc32)C1. The smallest absolute Gasteiger partial charge is 0.280 e. The summed E-state index contributed by atoms with van der Waals surface area (Å²) in [5, 5.41) is 10.9. The minimum Gasteiger partial charge on any atom is -0.369 e. The Balaban J connectivity index is 1.73. The molecule has 0 bridgehead atoms. The Hall–Kier alpha value is -3.56. The van der Waals surface area contributed by atoms with Gasteiger partial charge in [-0.25, -0.2) is 10.0 Å². The topological polar surface area (TPSA) is 246 Å². The number of aromatic nitrogens is 4. The van der Waals surface area contributed by atoms with Gasteiger partial charge in [0.1, 0.15) is 12.6 Å². The molecule has 0 aliphatic carbocycles. The summed E-state index contributed by atoms with van der Waals surface area (Å²) in [4.78, 5) is 60.8. The van der Waals surface area contributed by atoms with Gasteiger partial charge in [-0.15, -0.1) is 0 Å². The minimum absolute atomic E-state index is 0.00139. The molecule has 1 aliphatic heterocycles. The average molecular weight is 464 g/mol. The minimum atomic E-state index is -1.05. The molecule has 1 saturated heterocycles. The molecule has 15 heteroatoms. The quantitative estimate of drug-likeness (QED) is 0.123. The summed E-state index contributed by atoms with van der Waals surface area (Å²) in [6.07, 6.45) is 2.85. The van der Waals surface area contributed by atoms with Gasteiger partial charge in [-0.05, 0) is 19.4 Å². The lowest BCUT2D eigenvalue weighted by atomic mass is 10.1. The van der Waals surface area contributed by atoms with Crippen LogP contribution < -0.4 is 28.5 Å². The summed E-state index contributed by atoms with van der Waals surface area (Å²) < 4.78 is 1.31. The zero-order chi connectivity index (χ0) is 24.3. The number of carbonyl (C=O) groups excluding carboxylic acids is 3. The third-order valence-corrected chi connectivity index (χ3v) is 5.58. The summed E-state index contributed by atoms with van der Waals surface area (Å²) in [5.74, 6) is -2.19. The standard InChI is InChI=1S/C18H28N10O5/c19-4-2-1-3-10(20)17(32)28(33)9-5-11(14(21)30)27(6-9)12(29)7-26-8-23-13-15(26)24-18(22)25-16(13)31/h8-11,33H,1-7,19-20H2,(H2,21,30)(H3,22,24,25,31)/t9-,10+,11+/m1/s1. The Kier molecular flexibility index (Phi) is 7.25. The molecule has 3 amide bonds. The maximum Gasteiger partial charge on any atom is 0.280 e. The highest BCUT2D eigenvalue weighted by atomic mass is 16.5. The number of nitrogen functional groups attached to an aromatic ring is 1. The molecule has 180 valence electrons. The van der Waals surface area contributed by atoms with Crippen LogP contribution in [0.5, 0.6) is 0 Å². The first-order valence-electron chi connectivity index (χ1n) is 10.4. The van der Waals surface area contributed by atoms with Crippen LogP contribution in [0.25, 0.3) is 11.2 Å². The number of unbranched alkanes of at least 4 members (excludes halogenated alkanes) is 1. The summed E-state index contributed by atoms with van der Waals surface area (Å²) in [6, 6.07) is -2.85. The van der Waals surface area contributed by atoms with E-state index in [1.54, 1.807) is 0 Å². The number of carbonyl (C=O) groups is 3. The van der Waals surface area contributed by atoms with Crippen molar-refractivity contribution in [2.24, 2.45) is 17.2 Å². The van der Waals surface area contributed by atoms with E-state index in [-0.39, 0.29) is 36.6 Å². The molecule has 3 heterocycles. The van der Waals surface area contributed by atoms with Crippen molar-refractivity contribution in [2.75, 3.05) is 18.8 Å². The van der Waals surface area contributed by atoms with Gasteiger partial charge in [-0.3, -0.25) is 29.4 Å². The van der Waals surface area contributed by atoms with Gasteiger partial charge in [0.05, 0.1) is 18.4 Å². The molecule has 33 heavy (non-hydrogen) atoms. The number of hydroxylamine groups is 2. The van der Waals surface area contributed by atoms with E-state index in [0.717, 1.165) is 0 Å². The van der Waals surface area contributed by atoms with Crippen LogP contribution >= 0.6 is 0 Å². The van der Waals surface area contributed by atoms with Crippen LogP contribution in [-0.2, 0) is 20.9 Å². The maximum atomic E-state index is 13.0. The average Bonchev–Trinajstić information content (AvgIpc) is 3.38. The van der Waals surface area contributed by atoms with Gasteiger partial charge in [0, 0.05) is 13.0 Å². The molecule has 10 N–H and O–H groups in total. The van der Waals surface area contributed by atoms with Gasteiger partial charge in [-0.2, -0.15) is 4.98 Å². The molecule has 0 aromatic carbocycles. The molecule has 0 radical (unpaired) electrons. The number of nitrogens with two attached hydrogens (primary N) is 4. The summed E-state index contributed by atoms with van der Waals surface area (Å²) in [5.41, 5.74) is 21.9. The van der Waals surface area contributed by atoms with E-state index in [2.05, 4.69) is 15.0 Å². The van der Waals surface area contributed by atoms with E-state index in [1.807, 2.05) is 0 Å². The number of primary amides is 1. The number of rotatable bonds is 9. The van der Waals surface area contributed by atoms with Crippen LogP contribution in [-0.4, -0.2) is 83.6 Å². The van der Waals surface area contributed by atoms with E-state index < -0.39 is 41.4 Å². The molecular formula is C18H28N10O5. The van der Waals surface area contributed by atoms with Crippen LogP contribution in [0.2, 0.25) is 0 Å². The zero-order valence-electron chi connectivity index (χ0n) is 17.9. The molecule has 2 aromatic heterocycles. The monoisotopic (exact) mass is 464 g/mol. The van der Waals surface area contributed by atoms with Crippen LogP contribution in [0.4, 0.5) is 5.95 Å². The van der Waals surface area contributed by atoms with Crippen LogP contribution in [0.15, 0.2) is 11.1 Å². The second kappa shape index (κ2) is 9.93. The fourth-order valence-electron chi connectivity index (χ4n) is 3.84. The van der Waals surface area contributed by atoms with Crippen molar-refractivity contribution in [3.63, 3.8) is 0 Å². The first-order chi connectivity index (χ1) is 15.6. The van der Waals surface area contributed by atoms with Gasteiger partial charge in [0.2, 0.25) is 17.8 Å². The van der Waals surface area contributed by atoms with Gasteiger partial charge in [0.25, 0.3) is 11.5 Å². The molecule has 2 aromatic rings. The molecule has 1 aliphatic rings. The van der Waals surface area contributed by atoms with Crippen molar-refractivity contribution >= 4 is 34.8 Å². The van der Waals surface area contributed by atoms with E-state index in [1.165, 1.54) is 15.8 Å². The van der Waals surface area contributed by atoms with Crippen LogP contribution in [0, 0.1) is 0 Å². The van der Waals surface area contributed by atoms with Crippen molar-refractivity contribution in [3.8, 4) is 0 Å². The predicted molar refractivity (Wildman–Crippen MR) is 115 cm³/mol. The number of likely N-dealkylation sites (tertiary alicyclic amines) is 1. The van der Waals surface area contributed by atoms with Crippen molar-refractivity contribution in [1.29, 1.82) is 0 Å². The largest absolute Gasteiger partial charge is 0.369 e. The Labute approximate surface area is 187 Å². The van der Waals surface area contributed by atoms with Crippen LogP contribution in [0.1, 0.15) is 25.7 Å². The number of aromatic amines is 1. The predicted octanol–water partition coefficient (Wildman–Crippen LogP) is -3.17. The lowest BCUT2D eigenvalue weighted by Crippen LogP contribution is -2.48. The van der Waals surface area contributed by atoms with Crippen molar-refractivity contribution < 1.29 is 19.6 Å². The summed E-state index contributed by atoms with van der Waals surface area (Å²) >= 11 is 0. The first-order valence-corrected chi connectivity index (χ1v) is 10.4. The van der Waals surface area contributed by atoms with Crippen LogP contribution in [0.3, 0.4) is 0 Å². The van der Waals surface area contributed by atoms with E-state index in [0.29, 0.717) is 30.9 Å². The molecule has 3 atom stereocenters. The normalized spacial score (nSPS) is 19.1. The highest BCUT2D eigenvalue weighted by molar-refractivity contribution is 5.88. The Morgan fingerprint density at radius 1 is 1.33 bits per heavy atom. The van der Waals surface area contributed by atoms with Gasteiger partial charge >= 0.3 is 0 Å². The van der Waals surface area contributed by atoms with Crippen molar-refractivity contribution in [3.05, 3.63) is 16.7 Å². The van der Waals surface area contributed by atoms with E-state index >= 15 is 0 Å². The zero-order valence-corrected chi connectivity index (χ0v) is 17.9. The second-order valence-electron chi connectivity index (χ2n) is 7.92. The number of H-pyrrole nitrogens is 1. The van der Waals surface area contributed by atoms with E-state index in [9.17, 15) is 24.4 Å². The fraction of sp³-hybridized carbons (Fsp3) is 0.556. The Bertz CT molecular complexity index is 1100. The second-order valence-corrected chi connectivity index (χ2v) is 7.92. The molecule has 0 spiro atoms. The van der Waals surface area contributed by atoms with E-state index in [4.69, 9.17) is 22.9 Å². The summed E-state index contributed by atoms with van der Waals surface area (Å²) in [7, 11) is 0. The lowest BCUT2D eigenvalue weighted by molar-refractivity contribution is -0.176. The Morgan fingerprint density at radius 2 is 2.06 bits per heavy atom. The highest BCUT2D eigenvalue weighted by Gasteiger charge is 2.42. The molecule has 3 rings (SSSR count). The number of hydrogen-bond acceptors (Lipinski definition) is 10.